The molecule has 18 heavy (non-hydrogen) atoms. The van der Waals surface area contributed by atoms with Gasteiger partial charge in [-0.25, -0.2) is 4.39 Å². The zero-order chi connectivity index (χ0) is 13.1. The molecule has 1 heterocycles. The molecular weight excluding hydrogens is 261 g/mol. The number of nitrogens with one attached hydrogen (secondary N) is 1. The maximum absolute atomic E-state index is 13.4. The van der Waals surface area contributed by atoms with Gasteiger partial charge in [0.15, 0.2) is 6.79 Å². The zero-order valence-corrected chi connectivity index (χ0v) is 10.6. The smallest absolute Gasteiger partial charge is 0.238 e. The molecule has 6 heteroatoms. The summed E-state index contributed by atoms with van der Waals surface area (Å²) in [5.74, 6) is -0.113. The minimum absolute atomic E-state index is 0.130. The maximum Gasteiger partial charge on any atom is 0.238 e. The average Bonchev–Trinajstić information content (AvgIpc) is 2.35. The molecule has 1 N–H and O–H groups in total. The average molecular weight is 274 g/mol. The SMILES string of the molecule is CC(Cl)C(=O)NCc1cc(F)cc2c1OCOC2. The summed E-state index contributed by atoms with van der Waals surface area (Å²) < 4.78 is 23.8. The van der Waals surface area contributed by atoms with Crippen LogP contribution in [0.3, 0.4) is 0 Å². The highest BCUT2D eigenvalue weighted by Gasteiger charge is 2.18. The van der Waals surface area contributed by atoms with E-state index in [1.54, 1.807) is 6.92 Å². The van der Waals surface area contributed by atoms with Crippen molar-refractivity contribution in [3.05, 3.63) is 29.1 Å². The van der Waals surface area contributed by atoms with Crippen molar-refractivity contribution in [2.24, 2.45) is 0 Å². The van der Waals surface area contributed by atoms with Crippen LogP contribution in [0.2, 0.25) is 0 Å². The fourth-order valence-electron chi connectivity index (χ4n) is 1.71. The Labute approximate surface area is 109 Å². The van der Waals surface area contributed by atoms with E-state index in [1.165, 1.54) is 12.1 Å². The van der Waals surface area contributed by atoms with Crippen molar-refractivity contribution in [1.29, 1.82) is 0 Å². The van der Waals surface area contributed by atoms with Crippen molar-refractivity contribution in [3.63, 3.8) is 0 Å². The fraction of sp³-hybridized carbons (Fsp3) is 0.417. The summed E-state index contributed by atoms with van der Waals surface area (Å²) in [6.07, 6.45) is 0. The molecule has 1 aromatic rings. The van der Waals surface area contributed by atoms with Crippen LogP contribution in [0.1, 0.15) is 18.1 Å². The van der Waals surface area contributed by atoms with Crippen LogP contribution in [0, 0.1) is 5.82 Å². The lowest BCUT2D eigenvalue weighted by molar-refractivity contribution is -0.120. The third-order valence-electron chi connectivity index (χ3n) is 2.57. The lowest BCUT2D eigenvalue weighted by atomic mass is 10.1. The Morgan fingerprint density at radius 1 is 1.61 bits per heavy atom. The Morgan fingerprint density at radius 3 is 3.11 bits per heavy atom. The summed E-state index contributed by atoms with van der Waals surface area (Å²) in [5, 5.41) is 1.99. The quantitative estimate of drug-likeness (QED) is 0.856. The Bertz CT molecular complexity index is 465. The monoisotopic (exact) mass is 273 g/mol. The molecular formula is C12H13ClFNO3. The van der Waals surface area contributed by atoms with Gasteiger partial charge in [-0.05, 0) is 19.1 Å². The molecule has 1 aliphatic rings. The first-order valence-electron chi connectivity index (χ1n) is 5.51. The fourth-order valence-corrected chi connectivity index (χ4v) is 1.79. The number of alkyl halides is 1. The van der Waals surface area contributed by atoms with Crippen LogP contribution < -0.4 is 10.1 Å². The molecule has 0 fully saturated rings. The molecule has 0 spiro atoms. The van der Waals surface area contributed by atoms with Gasteiger partial charge >= 0.3 is 0 Å². The summed E-state index contributed by atoms with van der Waals surface area (Å²) in [6.45, 7) is 2.18. The third kappa shape index (κ3) is 2.91. The van der Waals surface area contributed by atoms with Gasteiger partial charge in [0, 0.05) is 17.7 Å². The van der Waals surface area contributed by atoms with E-state index in [4.69, 9.17) is 21.1 Å². The summed E-state index contributed by atoms with van der Waals surface area (Å²) in [6, 6.07) is 2.70. The molecule has 1 amide bonds. The van der Waals surface area contributed by atoms with Crippen molar-refractivity contribution in [3.8, 4) is 5.75 Å². The van der Waals surface area contributed by atoms with E-state index in [0.717, 1.165) is 0 Å². The Hall–Kier alpha value is -1.33. The predicted octanol–water partition coefficient (Wildman–Crippen LogP) is 1.94. The van der Waals surface area contributed by atoms with Gasteiger partial charge in [-0.2, -0.15) is 0 Å². The molecule has 0 aromatic heterocycles. The van der Waals surface area contributed by atoms with Crippen molar-refractivity contribution >= 4 is 17.5 Å². The molecule has 2 rings (SSSR count). The summed E-state index contributed by atoms with van der Waals surface area (Å²) in [5.41, 5.74) is 1.23. The number of ether oxygens (including phenoxy) is 2. The van der Waals surface area contributed by atoms with Gasteiger partial charge in [0.2, 0.25) is 5.91 Å². The van der Waals surface area contributed by atoms with Gasteiger partial charge in [-0.15, -0.1) is 11.6 Å². The molecule has 1 unspecified atom stereocenters. The largest absolute Gasteiger partial charge is 0.467 e. The molecule has 0 aliphatic carbocycles. The number of fused-ring (bicyclic) bond motifs is 1. The second-order valence-electron chi connectivity index (χ2n) is 4.00. The lowest BCUT2D eigenvalue weighted by Gasteiger charge is -2.21. The van der Waals surface area contributed by atoms with E-state index in [2.05, 4.69) is 5.32 Å². The van der Waals surface area contributed by atoms with Crippen molar-refractivity contribution < 1.29 is 18.7 Å². The lowest BCUT2D eigenvalue weighted by Crippen LogP contribution is -2.29. The number of hydrogen-bond donors (Lipinski definition) is 1. The molecule has 1 aliphatic heterocycles. The standard InChI is InChI=1S/C12H13ClFNO3/c1-7(13)12(16)15-4-8-2-10(14)3-9-5-17-6-18-11(8)9/h2-3,7H,4-6H2,1H3,(H,15,16). The molecule has 0 bridgehead atoms. The molecule has 1 atom stereocenters. The highest BCUT2D eigenvalue weighted by Crippen LogP contribution is 2.29. The van der Waals surface area contributed by atoms with Crippen molar-refractivity contribution in [2.45, 2.75) is 25.5 Å². The Kier molecular flexibility index (Phi) is 4.04. The van der Waals surface area contributed by atoms with Crippen LogP contribution in [0.25, 0.3) is 0 Å². The number of benzene rings is 1. The van der Waals surface area contributed by atoms with Gasteiger partial charge in [-0.1, -0.05) is 0 Å². The number of carbonyl (C=O) groups excluding carboxylic acids is 1. The molecule has 0 saturated heterocycles. The number of carbonyl (C=O) groups is 1. The number of rotatable bonds is 3. The van der Waals surface area contributed by atoms with Crippen molar-refractivity contribution in [2.75, 3.05) is 6.79 Å². The van der Waals surface area contributed by atoms with Crippen molar-refractivity contribution in [1.82, 2.24) is 5.32 Å². The minimum atomic E-state index is -0.626. The number of hydrogen-bond acceptors (Lipinski definition) is 3. The number of amides is 1. The van der Waals surface area contributed by atoms with E-state index < -0.39 is 5.38 Å². The predicted molar refractivity (Wildman–Crippen MR) is 63.8 cm³/mol. The third-order valence-corrected chi connectivity index (χ3v) is 2.76. The maximum atomic E-state index is 13.4. The molecule has 0 saturated carbocycles. The Morgan fingerprint density at radius 2 is 2.39 bits per heavy atom. The molecule has 4 nitrogen and oxygen atoms in total. The summed E-state index contributed by atoms with van der Waals surface area (Å²) in [7, 11) is 0. The highest BCUT2D eigenvalue weighted by atomic mass is 35.5. The Balaban J connectivity index is 2.17. The topological polar surface area (TPSA) is 47.6 Å². The normalized spacial score (nSPS) is 15.5. The first-order valence-corrected chi connectivity index (χ1v) is 5.95. The van der Waals surface area contributed by atoms with E-state index >= 15 is 0 Å². The van der Waals surface area contributed by atoms with Gasteiger partial charge in [-0.3, -0.25) is 4.79 Å². The first-order chi connectivity index (χ1) is 8.58. The van der Waals surface area contributed by atoms with Crippen LogP contribution in [-0.2, 0) is 22.7 Å². The van der Waals surface area contributed by atoms with Crippen LogP contribution in [-0.4, -0.2) is 18.1 Å². The second kappa shape index (κ2) is 5.54. The van der Waals surface area contributed by atoms with Crippen LogP contribution >= 0.6 is 11.6 Å². The molecule has 98 valence electrons. The zero-order valence-electron chi connectivity index (χ0n) is 9.83. The molecule has 1 aromatic carbocycles. The minimum Gasteiger partial charge on any atom is -0.467 e. The van der Waals surface area contributed by atoms with Gasteiger partial charge in [0.25, 0.3) is 0 Å². The molecule has 0 radical (unpaired) electrons. The van der Waals surface area contributed by atoms with E-state index in [-0.39, 0.29) is 25.1 Å². The van der Waals surface area contributed by atoms with Crippen LogP contribution in [0.4, 0.5) is 4.39 Å². The van der Waals surface area contributed by atoms with E-state index in [0.29, 0.717) is 23.5 Å². The van der Waals surface area contributed by atoms with Gasteiger partial charge < -0.3 is 14.8 Å². The van der Waals surface area contributed by atoms with Gasteiger partial charge in [0.1, 0.15) is 16.9 Å². The van der Waals surface area contributed by atoms with E-state index in [1.807, 2.05) is 0 Å². The summed E-state index contributed by atoms with van der Waals surface area (Å²) >= 11 is 5.63. The van der Waals surface area contributed by atoms with E-state index in [9.17, 15) is 9.18 Å². The first kappa shape index (κ1) is 13.1. The van der Waals surface area contributed by atoms with Gasteiger partial charge in [0.05, 0.1) is 6.61 Å². The second-order valence-corrected chi connectivity index (χ2v) is 4.65. The summed E-state index contributed by atoms with van der Waals surface area (Å²) in [4.78, 5) is 11.4. The van der Waals surface area contributed by atoms with Crippen LogP contribution in [0.5, 0.6) is 5.75 Å². The number of halogens is 2. The van der Waals surface area contributed by atoms with Crippen LogP contribution in [0.15, 0.2) is 12.1 Å². The highest BCUT2D eigenvalue weighted by molar-refractivity contribution is 6.30.